The summed E-state index contributed by atoms with van der Waals surface area (Å²) in [5.74, 6) is -0.675. The van der Waals surface area contributed by atoms with E-state index in [1.54, 1.807) is 36.4 Å². The maximum Gasteiger partial charge on any atom is 0.251 e. The third-order valence-corrected chi connectivity index (χ3v) is 4.32. The molecule has 0 bridgehead atoms. The molecule has 4 nitrogen and oxygen atoms in total. The van der Waals surface area contributed by atoms with Gasteiger partial charge in [0.1, 0.15) is 5.82 Å². The van der Waals surface area contributed by atoms with Crippen LogP contribution in [0.4, 0.5) is 4.39 Å². The van der Waals surface area contributed by atoms with Crippen molar-refractivity contribution in [2.45, 2.75) is 13.0 Å². The highest BCUT2D eigenvalue weighted by molar-refractivity contribution is 5.97. The summed E-state index contributed by atoms with van der Waals surface area (Å²) in [6.45, 7) is 0.898. The van der Waals surface area contributed by atoms with Crippen LogP contribution in [0.1, 0.15) is 31.8 Å². The molecule has 0 fully saturated rings. The lowest BCUT2D eigenvalue weighted by Crippen LogP contribution is -2.26. The minimum absolute atomic E-state index is 0.188. The van der Waals surface area contributed by atoms with E-state index in [2.05, 4.69) is 10.6 Å². The molecule has 0 aliphatic rings. The fourth-order valence-corrected chi connectivity index (χ4v) is 2.73. The van der Waals surface area contributed by atoms with Gasteiger partial charge >= 0.3 is 0 Å². The molecule has 0 heterocycles. The van der Waals surface area contributed by atoms with Gasteiger partial charge in [-0.05, 0) is 53.9 Å². The van der Waals surface area contributed by atoms with E-state index in [1.165, 1.54) is 12.1 Å². The first kappa shape index (κ1) is 19.3. The highest BCUT2D eigenvalue weighted by atomic mass is 19.1. The second kappa shape index (κ2) is 9.46. The Labute approximate surface area is 163 Å². The minimum atomic E-state index is -0.277. The molecule has 0 saturated carbocycles. The molecule has 0 atom stereocenters. The number of benzene rings is 3. The lowest BCUT2D eigenvalue weighted by atomic mass is 10.1. The molecule has 0 radical (unpaired) electrons. The van der Waals surface area contributed by atoms with Gasteiger partial charge in [0.2, 0.25) is 0 Å². The number of hydrogen-bond donors (Lipinski definition) is 2. The van der Waals surface area contributed by atoms with E-state index < -0.39 is 0 Å². The molecule has 3 rings (SSSR count). The average molecular weight is 376 g/mol. The predicted molar refractivity (Wildman–Crippen MR) is 106 cm³/mol. The van der Waals surface area contributed by atoms with Gasteiger partial charge in [-0.1, -0.05) is 42.5 Å². The van der Waals surface area contributed by atoms with Crippen molar-refractivity contribution >= 4 is 11.8 Å². The zero-order valence-electron chi connectivity index (χ0n) is 15.3. The minimum Gasteiger partial charge on any atom is -0.352 e. The molecule has 0 saturated heterocycles. The van der Waals surface area contributed by atoms with Crippen LogP contribution in [-0.2, 0) is 13.0 Å². The first-order chi connectivity index (χ1) is 13.6. The average Bonchev–Trinajstić information content (AvgIpc) is 2.74. The van der Waals surface area contributed by atoms with Crippen LogP contribution in [0.25, 0.3) is 0 Å². The topological polar surface area (TPSA) is 58.2 Å². The zero-order valence-corrected chi connectivity index (χ0v) is 15.3. The number of hydrogen-bond acceptors (Lipinski definition) is 2. The van der Waals surface area contributed by atoms with Crippen LogP contribution < -0.4 is 10.6 Å². The van der Waals surface area contributed by atoms with Crippen LogP contribution in [0, 0.1) is 5.82 Å². The smallest absolute Gasteiger partial charge is 0.251 e. The Morgan fingerprint density at radius 3 is 1.86 bits per heavy atom. The number of rotatable bonds is 7. The van der Waals surface area contributed by atoms with Crippen LogP contribution in [0.5, 0.6) is 0 Å². The van der Waals surface area contributed by atoms with Crippen LogP contribution in [0.2, 0.25) is 0 Å². The summed E-state index contributed by atoms with van der Waals surface area (Å²) < 4.78 is 12.9. The first-order valence-electron chi connectivity index (χ1n) is 9.06. The van der Waals surface area contributed by atoms with Crippen LogP contribution in [0.3, 0.4) is 0 Å². The Morgan fingerprint density at radius 1 is 0.679 bits per heavy atom. The second-order valence-electron chi connectivity index (χ2n) is 6.38. The van der Waals surface area contributed by atoms with Crippen molar-refractivity contribution in [2.24, 2.45) is 0 Å². The molecule has 0 spiro atoms. The van der Waals surface area contributed by atoms with E-state index in [0.717, 1.165) is 11.1 Å². The molecule has 28 heavy (non-hydrogen) atoms. The van der Waals surface area contributed by atoms with Crippen molar-refractivity contribution in [2.75, 3.05) is 6.54 Å². The normalized spacial score (nSPS) is 10.3. The highest BCUT2D eigenvalue weighted by Gasteiger charge is 2.09. The Balaban J connectivity index is 1.48. The second-order valence-corrected chi connectivity index (χ2v) is 6.38. The van der Waals surface area contributed by atoms with Gasteiger partial charge in [0.15, 0.2) is 0 Å². The van der Waals surface area contributed by atoms with E-state index >= 15 is 0 Å². The summed E-state index contributed by atoms with van der Waals surface area (Å²) in [6.07, 6.45) is 0.617. The van der Waals surface area contributed by atoms with Gasteiger partial charge < -0.3 is 10.6 Å². The van der Waals surface area contributed by atoms with Gasteiger partial charge in [0.25, 0.3) is 11.8 Å². The largest absolute Gasteiger partial charge is 0.352 e. The summed E-state index contributed by atoms with van der Waals surface area (Å²) >= 11 is 0. The van der Waals surface area contributed by atoms with Crippen molar-refractivity contribution in [3.05, 3.63) is 107 Å². The fraction of sp³-hybridized carbons (Fsp3) is 0.130. The number of carbonyl (C=O) groups excluding carboxylic acids is 2. The number of carbonyl (C=O) groups is 2. The van der Waals surface area contributed by atoms with Gasteiger partial charge in [0.05, 0.1) is 0 Å². The Morgan fingerprint density at radius 2 is 1.25 bits per heavy atom. The standard InChI is InChI=1S/C23H21FN2O2/c24-21-12-6-17(7-13-21)14-15-25-22(27)19-8-10-20(11-9-19)23(28)26-16-18-4-2-1-3-5-18/h1-13H,14-16H2,(H,25,27)(H,26,28). The molecule has 2 N–H and O–H groups in total. The fourth-order valence-electron chi connectivity index (χ4n) is 2.73. The van der Waals surface area contributed by atoms with Gasteiger partial charge in [-0.3, -0.25) is 9.59 Å². The van der Waals surface area contributed by atoms with Gasteiger partial charge in [-0.15, -0.1) is 0 Å². The molecule has 0 aliphatic heterocycles. The van der Waals surface area contributed by atoms with Crippen LogP contribution >= 0.6 is 0 Å². The molecular weight excluding hydrogens is 355 g/mol. The summed E-state index contributed by atoms with van der Waals surface area (Å²) in [4.78, 5) is 24.4. The quantitative estimate of drug-likeness (QED) is 0.660. The van der Waals surface area contributed by atoms with Gasteiger partial charge in [-0.25, -0.2) is 4.39 Å². The third kappa shape index (κ3) is 5.51. The molecule has 5 heteroatoms. The first-order valence-corrected chi connectivity index (χ1v) is 9.06. The molecule has 0 aliphatic carbocycles. The molecule has 142 valence electrons. The van der Waals surface area contributed by atoms with E-state index in [1.807, 2.05) is 30.3 Å². The number of nitrogens with one attached hydrogen (secondary N) is 2. The van der Waals surface area contributed by atoms with Gasteiger partial charge in [-0.2, -0.15) is 0 Å². The molecule has 3 aromatic carbocycles. The van der Waals surface area contributed by atoms with Crippen LogP contribution in [-0.4, -0.2) is 18.4 Å². The zero-order chi connectivity index (χ0) is 19.8. The summed E-state index contributed by atoms with van der Waals surface area (Å²) in [6, 6.07) is 22.4. The Hall–Kier alpha value is -3.47. The predicted octanol–water partition coefficient (Wildman–Crippen LogP) is 3.73. The molecule has 0 aromatic heterocycles. The Kier molecular flexibility index (Phi) is 6.52. The number of halogens is 1. The van der Waals surface area contributed by atoms with Gasteiger partial charge in [0, 0.05) is 24.2 Å². The summed E-state index contributed by atoms with van der Waals surface area (Å²) in [5, 5.41) is 5.68. The van der Waals surface area contributed by atoms with Crippen molar-refractivity contribution < 1.29 is 14.0 Å². The Bertz CT molecular complexity index is 923. The third-order valence-electron chi connectivity index (χ3n) is 4.32. The molecule has 0 unspecified atom stereocenters. The molecule has 3 aromatic rings. The highest BCUT2D eigenvalue weighted by Crippen LogP contribution is 2.07. The molecule has 2 amide bonds. The molecular formula is C23H21FN2O2. The van der Waals surface area contributed by atoms with Crippen molar-refractivity contribution in [3.63, 3.8) is 0 Å². The monoisotopic (exact) mass is 376 g/mol. The van der Waals surface area contributed by atoms with Crippen molar-refractivity contribution in [1.29, 1.82) is 0 Å². The van der Waals surface area contributed by atoms with Crippen molar-refractivity contribution in [1.82, 2.24) is 10.6 Å². The summed E-state index contributed by atoms with van der Waals surface area (Å²) in [5.41, 5.74) is 2.96. The lowest BCUT2D eigenvalue weighted by Gasteiger charge is -2.08. The maximum atomic E-state index is 12.9. The van der Waals surface area contributed by atoms with E-state index in [0.29, 0.717) is 30.6 Å². The SMILES string of the molecule is O=C(NCCc1ccc(F)cc1)c1ccc(C(=O)NCc2ccccc2)cc1. The van der Waals surface area contributed by atoms with E-state index in [9.17, 15) is 14.0 Å². The van der Waals surface area contributed by atoms with E-state index in [-0.39, 0.29) is 17.6 Å². The maximum absolute atomic E-state index is 12.9. The van der Waals surface area contributed by atoms with E-state index in [4.69, 9.17) is 0 Å². The number of amides is 2. The van der Waals surface area contributed by atoms with Crippen molar-refractivity contribution in [3.8, 4) is 0 Å². The van der Waals surface area contributed by atoms with Crippen LogP contribution in [0.15, 0.2) is 78.9 Å². The lowest BCUT2D eigenvalue weighted by molar-refractivity contribution is 0.0940. The summed E-state index contributed by atoms with van der Waals surface area (Å²) in [7, 11) is 0.